The summed E-state index contributed by atoms with van der Waals surface area (Å²) in [7, 11) is 0. The molecule has 1 aromatic carbocycles. The third-order valence-electron chi connectivity index (χ3n) is 2.77. The second-order valence-electron chi connectivity index (χ2n) is 4.78. The van der Waals surface area contributed by atoms with Crippen molar-refractivity contribution >= 4 is 5.91 Å². The maximum atomic E-state index is 13.9. The van der Waals surface area contributed by atoms with Crippen LogP contribution in [0.4, 0.5) is 4.39 Å². The molecule has 0 spiro atoms. The van der Waals surface area contributed by atoms with Crippen molar-refractivity contribution in [1.29, 1.82) is 5.26 Å². The monoisotopic (exact) mass is 248 g/mol. The van der Waals surface area contributed by atoms with E-state index in [9.17, 15) is 9.18 Å². The van der Waals surface area contributed by atoms with E-state index < -0.39 is 5.41 Å². The zero-order valence-corrected chi connectivity index (χ0v) is 10.9. The Hall–Kier alpha value is -1.89. The summed E-state index contributed by atoms with van der Waals surface area (Å²) in [5, 5.41) is 11.6. The number of carbonyl (C=O) groups excluding carboxylic acids is 1. The Bertz CT molecular complexity index is 489. The Balaban J connectivity index is 2.81. The van der Waals surface area contributed by atoms with Crippen LogP contribution in [0.3, 0.4) is 0 Å². The molecule has 1 N–H and O–H groups in total. The first kappa shape index (κ1) is 14.2. The summed E-state index contributed by atoms with van der Waals surface area (Å²) in [6, 6.07) is 6.94. The number of benzene rings is 1. The summed E-state index contributed by atoms with van der Waals surface area (Å²) in [5.41, 5.74) is 0.368. The molecular weight excluding hydrogens is 231 g/mol. The predicted molar refractivity (Wildman–Crippen MR) is 67.4 cm³/mol. The molecule has 1 rings (SSSR count). The van der Waals surface area contributed by atoms with E-state index in [-0.39, 0.29) is 11.7 Å². The highest BCUT2D eigenvalue weighted by molar-refractivity contribution is 5.72. The Morgan fingerprint density at radius 3 is 2.67 bits per heavy atom. The molecule has 0 fully saturated rings. The van der Waals surface area contributed by atoms with Crippen molar-refractivity contribution in [2.24, 2.45) is 0 Å². The molecule has 0 atom stereocenters. The minimum atomic E-state index is -0.833. The van der Waals surface area contributed by atoms with Gasteiger partial charge in [-0.3, -0.25) is 4.79 Å². The van der Waals surface area contributed by atoms with Gasteiger partial charge < -0.3 is 5.32 Å². The van der Waals surface area contributed by atoms with Gasteiger partial charge in [-0.05, 0) is 31.9 Å². The van der Waals surface area contributed by atoms with Crippen LogP contribution in [0, 0.1) is 17.1 Å². The van der Waals surface area contributed by atoms with Gasteiger partial charge in [0.1, 0.15) is 5.82 Å². The zero-order chi connectivity index (χ0) is 13.8. The first-order valence-electron chi connectivity index (χ1n) is 5.81. The molecule has 0 saturated heterocycles. The summed E-state index contributed by atoms with van der Waals surface area (Å²) in [4.78, 5) is 10.7. The van der Waals surface area contributed by atoms with Crippen LogP contribution in [0.15, 0.2) is 18.2 Å². The zero-order valence-electron chi connectivity index (χ0n) is 10.9. The first-order valence-corrected chi connectivity index (χ1v) is 5.81. The smallest absolute Gasteiger partial charge is 0.216 e. The van der Waals surface area contributed by atoms with Crippen molar-refractivity contribution in [2.45, 2.75) is 32.6 Å². The van der Waals surface area contributed by atoms with Gasteiger partial charge in [-0.25, -0.2) is 4.39 Å². The highest BCUT2D eigenvalue weighted by Gasteiger charge is 2.23. The summed E-state index contributed by atoms with van der Waals surface area (Å²) < 4.78 is 13.9. The lowest BCUT2D eigenvalue weighted by molar-refractivity contribution is -0.118. The minimum absolute atomic E-state index is 0.0993. The van der Waals surface area contributed by atoms with E-state index in [4.69, 9.17) is 5.26 Å². The fraction of sp³-hybridized carbons (Fsp3) is 0.429. The van der Waals surface area contributed by atoms with Crippen LogP contribution in [0.25, 0.3) is 0 Å². The van der Waals surface area contributed by atoms with Crippen molar-refractivity contribution in [3.63, 3.8) is 0 Å². The van der Waals surface area contributed by atoms with E-state index in [1.165, 1.54) is 13.0 Å². The van der Waals surface area contributed by atoms with Gasteiger partial charge in [0.25, 0.3) is 0 Å². The molecular formula is C14H17FN2O. The molecule has 0 unspecified atom stereocenters. The molecule has 0 aliphatic heterocycles. The van der Waals surface area contributed by atoms with Gasteiger partial charge in [0.2, 0.25) is 5.91 Å². The second-order valence-corrected chi connectivity index (χ2v) is 4.78. The van der Waals surface area contributed by atoms with E-state index >= 15 is 0 Å². The molecule has 18 heavy (non-hydrogen) atoms. The maximum absolute atomic E-state index is 13.9. The SMILES string of the molecule is CC(=O)NCCc1ccc(C(C)(C)C#N)c(F)c1. The van der Waals surface area contributed by atoms with Gasteiger partial charge in [-0.2, -0.15) is 5.26 Å². The molecule has 0 aromatic heterocycles. The third kappa shape index (κ3) is 3.56. The molecule has 0 heterocycles. The lowest BCUT2D eigenvalue weighted by atomic mass is 9.85. The number of nitrogens with zero attached hydrogens (tertiary/aromatic N) is 1. The van der Waals surface area contributed by atoms with E-state index in [1.54, 1.807) is 26.0 Å². The van der Waals surface area contributed by atoms with Crippen LogP contribution in [-0.2, 0) is 16.6 Å². The Morgan fingerprint density at radius 1 is 1.50 bits per heavy atom. The first-order chi connectivity index (χ1) is 8.36. The number of nitriles is 1. The van der Waals surface area contributed by atoms with E-state index in [2.05, 4.69) is 11.4 Å². The maximum Gasteiger partial charge on any atom is 0.216 e. The van der Waals surface area contributed by atoms with Crippen LogP contribution in [0.1, 0.15) is 31.9 Å². The molecule has 4 heteroatoms. The number of carbonyl (C=O) groups is 1. The number of amides is 1. The number of hydrogen-bond acceptors (Lipinski definition) is 2. The van der Waals surface area contributed by atoms with Crippen LogP contribution in [0.5, 0.6) is 0 Å². The molecule has 96 valence electrons. The summed E-state index contributed by atoms with van der Waals surface area (Å²) >= 11 is 0. The van der Waals surface area contributed by atoms with Gasteiger partial charge in [-0.15, -0.1) is 0 Å². The predicted octanol–water partition coefficient (Wildman–Crippen LogP) is 2.31. The molecule has 1 aromatic rings. The summed E-state index contributed by atoms with van der Waals surface area (Å²) in [5.74, 6) is -0.473. The molecule has 0 bridgehead atoms. The Labute approximate surface area is 107 Å². The summed E-state index contributed by atoms with van der Waals surface area (Å²) in [6.07, 6.45) is 0.573. The largest absolute Gasteiger partial charge is 0.356 e. The lowest BCUT2D eigenvalue weighted by Gasteiger charge is -2.17. The number of halogens is 1. The van der Waals surface area contributed by atoms with Gasteiger partial charge in [0, 0.05) is 19.0 Å². The van der Waals surface area contributed by atoms with E-state index in [0.717, 1.165) is 5.56 Å². The quantitative estimate of drug-likeness (QED) is 0.889. The van der Waals surface area contributed by atoms with Gasteiger partial charge in [-0.1, -0.05) is 12.1 Å². The van der Waals surface area contributed by atoms with Crippen molar-refractivity contribution in [2.75, 3.05) is 6.54 Å². The number of nitrogens with one attached hydrogen (secondary N) is 1. The van der Waals surface area contributed by atoms with Crippen LogP contribution in [0.2, 0.25) is 0 Å². The molecule has 0 saturated carbocycles. The standard InChI is InChI=1S/C14H17FN2O/c1-10(18)17-7-6-11-4-5-12(13(15)8-11)14(2,3)9-16/h4-5,8H,6-7H2,1-3H3,(H,17,18). The fourth-order valence-electron chi connectivity index (χ4n) is 1.66. The van der Waals surface area contributed by atoms with Gasteiger partial charge >= 0.3 is 0 Å². The number of rotatable bonds is 4. The molecule has 0 radical (unpaired) electrons. The number of hydrogen-bond donors (Lipinski definition) is 1. The molecule has 0 aliphatic carbocycles. The highest BCUT2D eigenvalue weighted by Crippen LogP contribution is 2.25. The van der Waals surface area contributed by atoms with Crippen molar-refractivity contribution < 1.29 is 9.18 Å². The molecule has 1 amide bonds. The Kier molecular flexibility index (Phi) is 4.43. The van der Waals surface area contributed by atoms with Crippen LogP contribution < -0.4 is 5.32 Å². The lowest BCUT2D eigenvalue weighted by Crippen LogP contribution is -2.22. The fourth-order valence-corrected chi connectivity index (χ4v) is 1.66. The molecule has 0 aliphatic rings. The second kappa shape index (κ2) is 5.63. The third-order valence-corrected chi connectivity index (χ3v) is 2.77. The van der Waals surface area contributed by atoms with Crippen LogP contribution >= 0.6 is 0 Å². The average Bonchev–Trinajstić information content (AvgIpc) is 2.28. The normalized spacial score (nSPS) is 10.8. The Morgan fingerprint density at radius 2 is 2.17 bits per heavy atom. The van der Waals surface area contributed by atoms with E-state index in [1.807, 2.05) is 0 Å². The topological polar surface area (TPSA) is 52.9 Å². The van der Waals surface area contributed by atoms with Gasteiger partial charge in [0.05, 0.1) is 11.5 Å². The van der Waals surface area contributed by atoms with Crippen molar-refractivity contribution in [3.05, 3.63) is 35.1 Å². The van der Waals surface area contributed by atoms with Crippen molar-refractivity contribution in [1.82, 2.24) is 5.32 Å². The average molecular weight is 248 g/mol. The van der Waals surface area contributed by atoms with Crippen molar-refractivity contribution in [3.8, 4) is 6.07 Å². The molecule has 3 nitrogen and oxygen atoms in total. The van der Waals surface area contributed by atoms with Crippen LogP contribution in [-0.4, -0.2) is 12.5 Å². The van der Waals surface area contributed by atoms with Gasteiger partial charge in [0.15, 0.2) is 0 Å². The van der Waals surface area contributed by atoms with E-state index in [0.29, 0.717) is 18.5 Å². The highest BCUT2D eigenvalue weighted by atomic mass is 19.1. The minimum Gasteiger partial charge on any atom is -0.356 e. The summed E-state index contributed by atoms with van der Waals surface area (Å²) in [6.45, 7) is 5.29.